The molecular formula is C19H19ClN4O. The highest BCUT2D eigenvalue weighted by molar-refractivity contribution is 6.30. The van der Waals surface area contributed by atoms with E-state index in [4.69, 9.17) is 16.3 Å². The summed E-state index contributed by atoms with van der Waals surface area (Å²) in [7, 11) is 0. The second-order valence-corrected chi connectivity index (χ2v) is 6.47. The second kappa shape index (κ2) is 6.76. The minimum Gasteiger partial charge on any atom is -0.494 e. The zero-order valence-electron chi connectivity index (χ0n) is 13.9. The smallest absolute Gasteiger partial charge is 0.222 e. The fourth-order valence-corrected chi connectivity index (χ4v) is 3.49. The van der Waals surface area contributed by atoms with Gasteiger partial charge < -0.3 is 10.1 Å². The third-order valence-corrected chi connectivity index (χ3v) is 4.69. The lowest BCUT2D eigenvalue weighted by Gasteiger charge is -2.32. The van der Waals surface area contributed by atoms with Gasteiger partial charge in [0.25, 0.3) is 0 Å². The molecule has 2 heterocycles. The van der Waals surface area contributed by atoms with E-state index in [0.717, 1.165) is 28.7 Å². The highest BCUT2D eigenvalue weighted by Gasteiger charge is 2.29. The third kappa shape index (κ3) is 3.20. The first kappa shape index (κ1) is 16.0. The third-order valence-electron chi connectivity index (χ3n) is 4.46. The number of anilines is 1. The molecule has 0 radical (unpaired) electrons. The minimum absolute atomic E-state index is 0.0917. The molecule has 1 aliphatic heterocycles. The van der Waals surface area contributed by atoms with Crippen molar-refractivity contribution < 1.29 is 4.74 Å². The van der Waals surface area contributed by atoms with Crippen LogP contribution in [0.5, 0.6) is 5.75 Å². The number of halogens is 1. The van der Waals surface area contributed by atoms with Gasteiger partial charge in [-0.25, -0.2) is 4.68 Å². The van der Waals surface area contributed by atoms with E-state index in [1.54, 1.807) is 6.33 Å². The predicted molar refractivity (Wildman–Crippen MR) is 98.2 cm³/mol. The molecule has 2 aromatic carbocycles. The Kier molecular flexibility index (Phi) is 4.32. The van der Waals surface area contributed by atoms with Gasteiger partial charge in [0.2, 0.25) is 5.95 Å². The van der Waals surface area contributed by atoms with E-state index in [9.17, 15) is 0 Å². The van der Waals surface area contributed by atoms with E-state index in [0.29, 0.717) is 6.61 Å². The average Bonchev–Trinajstić information content (AvgIpc) is 3.10. The molecule has 0 saturated carbocycles. The largest absolute Gasteiger partial charge is 0.494 e. The van der Waals surface area contributed by atoms with E-state index in [1.807, 2.05) is 41.9 Å². The number of aromatic nitrogens is 3. The lowest BCUT2D eigenvalue weighted by Crippen LogP contribution is -2.28. The summed E-state index contributed by atoms with van der Waals surface area (Å²) < 4.78 is 7.46. The van der Waals surface area contributed by atoms with Crippen LogP contribution in [0.25, 0.3) is 0 Å². The number of hydrogen-bond donors (Lipinski definition) is 1. The molecule has 0 saturated heterocycles. The molecule has 0 fully saturated rings. The molecule has 128 valence electrons. The first-order valence-electron chi connectivity index (χ1n) is 8.39. The summed E-state index contributed by atoms with van der Waals surface area (Å²) >= 11 is 6.19. The standard InChI is InChI=1S/C19H19ClN4O/c1-2-25-16-8-6-13(7-9-16)17-11-18(14-4-3-5-15(20)10-14)24-19(23-17)21-12-22-24/h3-10,12,17-18H,2,11H2,1H3,(H,21,22,23)/t17-,18+/m1/s1. The molecule has 1 aromatic heterocycles. The van der Waals surface area contributed by atoms with Crippen molar-refractivity contribution in [3.05, 3.63) is 71.0 Å². The van der Waals surface area contributed by atoms with E-state index in [1.165, 1.54) is 5.56 Å². The molecular weight excluding hydrogens is 336 g/mol. The zero-order valence-corrected chi connectivity index (χ0v) is 14.6. The van der Waals surface area contributed by atoms with Crippen LogP contribution in [-0.2, 0) is 0 Å². The zero-order chi connectivity index (χ0) is 17.2. The highest BCUT2D eigenvalue weighted by Crippen LogP contribution is 2.38. The Bertz CT molecular complexity index is 862. The first-order valence-corrected chi connectivity index (χ1v) is 8.76. The molecule has 4 rings (SSSR count). The average molecular weight is 355 g/mol. The molecule has 6 heteroatoms. The van der Waals surface area contributed by atoms with Crippen LogP contribution in [0.2, 0.25) is 5.02 Å². The van der Waals surface area contributed by atoms with Crippen molar-refractivity contribution in [1.82, 2.24) is 14.8 Å². The van der Waals surface area contributed by atoms with Gasteiger partial charge in [-0.05, 0) is 48.7 Å². The van der Waals surface area contributed by atoms with Gasteiger partial charge in [0, 0.05) is 5.02 Å². The number of ether oxygens (including phenoxy) is 1. The van der Waals surface area contributed by atoms with E-state index >= 15 is 0 Å². The lowest BCUT2D eigenvalue weighted by molar-refractivity contribution is 0.340. The molecule has 1 N–H and O–H groups in total. The van der Waals surface area contributed by atoms with Crippen LogP contribution < -0.4 is 10.1 Å². The molecule has 0 aliphatic carbocycles. The maximum absolute atomic E-state index is 6.19. The van der Waals surface area contributed by atoms with Gasteiger partial charge in [0.05, 0.1) is 18.7 Å². The lowest BCUT2D eigenvalue weighted by atomic mass is 9.93. The van der Waals surface area contributed by atoms with Gasteiger partial charge >= 0.3 is 0 Å². The van der Waals surface area contributed by atoms with Crippen LogP contribution in [0.3, 0.4) is 0 Å². The summed E-state index contributed by atoms with van der Waals surface area (Å²) in [5, 5.41) is 8.60. The van der Waals surface area contributed by atoms with Gasteiger partial charge in [0.15, 0.2) is 0 Å². The second-order valence-electron chi connectivity index (χ2n) is 6.03. The number of nitrogens with zero attached hydrogens (tertiary/aromatic N) is 3. The SMILES string of the molecule is CCOc1ccc([C@H]2C[C@@H](c3cccc(Cl)c3)n3ncnc3N2)cc1. The number of nitrogens with one attached hydrogen (secondary N) is 1. The molecule has 3 aromatic rings. The Balaban J connectivity index is 1.66. The number of fused-ring (bicyclic) bond motifs is 1. The summed E-state index contributed by atoms with van der Waals surface area (Å²) in [6.45, 7) is 2.65. The normalized spacial score (nSPS) is 19.1. The van der Waals surface area contributed by atoms with E-state index in [2.05, 4.69) is 33.6 Å². The molecule has 0 amide bonds. The molecule has 5 nitrogen and oxygen atoms in total. The van der Waals surface area contributed by atoms with Crippen molar-refractivity contribution in [2.24, 2.45) is 0 Å². The van der Waals surface area contributed by atoms with E-state index in [-0.39, 0.29) is 12.1 Å². The molecule has 0 spiro atoms. The fourth-order valence-electron chi connectivity index (χ4n) is 3.29. The van der Waals surface area contributed by atoms with Gasteiger partial charge in [-0.3, -0.25) is 0 Å². The Labute approximate surface area is 151 Å². The number of hydrogen-bond acceptors (Lipinski definition) is 4. The van der Waals surface area contributed by atoms with Crippen molar-refractivity contribution in [1.29, 1.82) is 0 Å². The predicted octanol–water partition coefficient (Wildman–Crippen LogP) is 4.48. The summed E-state index contributed by atoms with van der Waals surface area (Å²) in [5.41, 5.74) is 2.33. The van der Waals surface area contributed by atoms with Gasteiger partial charge in [-0.1, -0.05) is 35.9 Å². The molecule has 0 unspecified atom stereocenters. The van der Waals surface area contributed by atoms with Crippen LogP contribution in [-0.4, -0.2) is 21.4 Å². The summed E-state index contributed by atoms with van der Waals surface area (Å²) in [6.07, 6.45) is 2.45. The Morgan fingerprint density at radius 2 is 2.04 bits per heavy atom. The topological polar surface area (TPSA) is 52.0 Å². The first-order chi connectivity index (χ1) is 12.2. The molecule has 1 aliphatic rings. The summed E-state index contributed by atoms with van der Waals surface area (Å²) in [5.74, 6) is 1.66. The van der Waals surface area contributed by atoms with Crippen LogP contribution in [0.4, 0.5) is 5.95 Å². The van der Waals surface area contributed by atoms with Crippen molar-refractivity contribution >= 4 is 17.5 Å². The monoisotopic (exact) mass is 354 g/mol. The summed E-state index contributed by atoms with van der Waals surface area (Å²) in [4.78, 5) is 4.36. The molecule has 0 bridgehead atoms. The maximum Gasteiger partial charge on any atom is 0.222 e. The maximum atomic E-state index is 6.19. The van der Waals surface area contributed by atoms with Crippen molar-refractivity contribution in [3.8, 4) is 5.75 Å². The Hall–Kier alpha value is -2.53. The molecule has 2 atom stereocenters. The number of benzene rings is 2. The Morgan fingerprint density at radius 1 is 1.20 bits per heavy atom. The Morgan fingerprint density at radius 3 is 2.80 bits per heavy atom. The van der Waals surface area contributed by atoms with Crippen LogP contribution in [0.15, 0.2) is 54.9 Å². The van der Waals surface area contributed by atoms with Gasteiger partial charge in [0.1, 0.15) is 12.1 Å². The highest BCUT2D eigenvalue weighted by atomic mass is 35.5. The quantitative estimate of drug-likeness (QED) is 0.750. The summed E-state index contributed by atoms with van der Waals surface area (Å²) in [6, 6.07) is 16.4. The van der Waals surface area contributed by atoms with Crippen molar-refractivity contribution in [2.75, 3.05) is 11.9 Å². The van der Waals surface area contributed by atoms with Crippen molar-refractivity contribution in [3.63, 3.8) is 0 Å². The van der Waals surface area contributed by atoms with Crippen LogP contribution in [0.1, 0.15) is 36.6 Å². The van der Waals surface area contributed by atoms with E-state index < -0.39 is 0 Å². The fraction of sp³-hybridized carbons (Fsp3) is 0.263. The van der Waals surface area contributed by atoms with Crippen molar-refractivity contribution in [2.45, 2.75) is 25.4 Å². The van der Waals surface area contributed by atoms with Gasteiger partial charge in [-0.15, -0.1) is 0 Å². The minimum atomic E-state index is 0.0917. The molecule has 25 heavy (non-hydrogen) atoms. The number of rotatable bonds is 4. The van der Waals surface area contributed by atoms with Crippen LogP contribution >= 0.6 is 11.6 Å². The van der Waals surface area contributed by atoms with Gasteiger partial charge in [-0.2, -0.15) is 10.1 Å². The van der Waals surface area contributed by atoms with Crippen LogP contribution in [0, 0.1) is 0 Å².